The maximum absolute atomic E-state index is 11.9. The van der Waals surface area contributed by atoms with Crippen molar-refractivity contribution < 1.29 is 4.79 Å². The summed E-state index contributed by atoms with van der Waals surface area (Å²) < 4.78 is 1.58. The van der Waals surface area contributed by atoms with E-state index in [-0.39, 0.29) is 5.78 Å². The van der Waals surface area contributed by atoms with E-state index in [2.05, 4.69) is 20.3 Å². The number of fused-ring (bicyclic) bond motifs is 1. The topological polar surface area (TPSA) is 73.6 Å². The average molecular weight is 253 g/mol. The summed E-state index contributed by atoms with van der Waals surface area (Å²) in [5.74, 6) is -0.0591. The third kappa shape index (κ3) is 1.97. The quantitative estimate of drug-likeness (QED) is 0.705. The summed E-state index contributed by atoms with van der Waals surface area (Å²) in [5.41, 5.74) is 2.11. The Balaban J connectivity index is 2.18. The first kappa shape index (κ1) is 11.5. The number of nitrogens with zero attached hydrogens (tertiary/aromatic N) is 5. The second-order valence-corrected chi connectivity index (χ2v) is 4.17. The lowest BCUT2D eigenvalue weighted by Gasteiger charge is -2.13. The van der Waals surface area contributed by atoms with Crippen LogP contribution in [0.5, 0.6) is 0 Å². The molecular weight excluding hydrogens is 242 g/mol. The van der Waals surface area contributed by atoms with Crippen LogP contribution < -0.4 is 0 Å². The van der Waals surface area contributed by atoms with Crippen molar-refractivity contribution in [3.63, 3.8) is 0 Å². The van der Waals surface area contributed by atoms with Crippen molar-refractivity contribution in [2.75, 3.05) is 0 Å². The third-order valence-corrected chi connectivity index (χ3v) is 2.87. The first-order chi connectivity index (χ1) is 9.27. The minimum Gasteiger partial charge on any atom is -0.297 e. The molecule has 0 aliphatic heterocycles. The number of carbonyl (C=O) groups excluding carboxylic acids is 1. The molecule has 3 rings (SSSR count). The monoisotopic (exact) mass is 253 g/mol. The molecular formula is C13H11N5O. The van der Waals surface area contributed by atoms with Gasteiger partial charge in [0.15, 0.2) is 11.8 Å². The summed E-state index contributed by atoms with van der Waals surface area (Å²) in [7, 11) is 0. The lowest BCUT2D eigenvalue weighted by atomic mass is 10.1. The molecule has 0 aliphatic carbocycles. The van der Waals surface area contributed by atoms with Gasteiger partial charge in [0.2, 0.25) is 0 Å². The number of hydrogen-bond donors (Lipinski definition) is 0. The highest BCUT2D eigenvalue weighted by molar-refractivity contribution is 5.85. The predicted molar refractivity (Wildman–Crippen MR) is 68.4 cm³/mol. The van der Waals surface area contributed by atoms with Crippen LogP contribution in [0.25, 0.3) is 11.0 Å². The number of carbonyl (C=O) groups is 1. The summed E-state index contributed by atoms with van der Waals surface area (Å²) in [5, 5.41) is 8.13. The Morgan fingerprint density at radius 3 is 2.84 bits per heavy atom. The van der Waals surface area contributed by atoms with Crippen molar-refractivity contribution in [3.05, 3.63) is 48.5 Å². The zero-order chi connectivity index (χ0) is 13.2. The summed E-state index contributed by atoms with van der Waals surface area (Å²) in [6, 6.07) is 6.90. The van der Waals surface area contributed by atoms with Crippen LogP contribution in [0.3, 0.4) is 0 Å². The number of para-hydroxylation sites is 1. The number of ketones is 1. The van der Waals surface area contributed by atoms with Crippen molar-refractivity contribution in [1.82, 2.24) is 25.0 Å². The molecule has 3 aromatic rings. The van der Waals surface area contributed by atoms with Crippen molar-refractivity contribution in [3.8, 4) is 0 Å². The maximum Gasteiger partial charge on any atom is 0.160 e. The minimum atomic E-state index is -0.596. The van der Waals surface area contributed by atoms with E-state index in [1.807, 2.05) is 24.3 Å². The maximum atomic E-state index is 11.9. The molecule has 1 aromatic carbocycles. The SMILES string of the molecule is CC(=O)C(c1cnccn1)n1nnc2ccccc21. The molecule has 0 bridgehead atoms. The summed E-state index contributed by atoms with van der Waals surface area (Å²) in [6.07, 6.45) is 4.70. The third-order valence-electron chi connectivity index (χ3n) is 2.87. The fourth-order valence-electron chi connectivity index (χ4n) is 2.04. The fraction of sp³-hybridized carbons (Fsp3) is 0.154. The zero-order valence-electron chi connectivity index (χ0n) is 10.3. The van der Waals surface area contributed by atoms with Gasteiger partial charge in [0.05, 0.1) is 17.4 Å². The Kier molecular flexibility index (Phi) is 2.75. The highest BCUT2D eigenvalue weighted by atomic mass is 16.1. The Bertz CT molecular complexity index is 722. The van der Waals surface area contributed by atoms with Crippen molar-refractivity contribution >= 4 is 16.8 Å². The van der Waals surface area contributed by atoms with Crippen LogP contribution in [0.4, 0.5) is 0 Å². The molecule has 2 aromatic heterocycles. The largest absolute Gasteiger partial charge is 0.297 e. The molecule has 0 N–H and O–H groups in total. The molecule has 6 nitrogen and oxygen atoms in total. The van der Waals surface area contributed by atoms with E-state index in [9.17, 15) is 4.79 Å². The molecule has 0 spiro atoms. The van der Waals surface area contributed by atoms with Gasteiger partial charge in [-0.3, -0.25) is 14.8 Å². The molecule has 6 heteroatoms. The standard InChI is InChI=1S/C13H11N5O/c1-9(19)13(11-8-14-6-7-15-11)18-12-5-3-2-4-10(12)16-17-18/h2-8,13H,1H3. The van der Waals surface area contributed by atoms with Gasteiger partial charge >= 0.3 is 0 Å². The molecule has 2 heterocycles. The van der Waals surface area contributed by atoms with E-state index in [0.717, 1.165) is 11.0 Å². The molecule has 0 amide bonds. The molecule has 0 fully saturated rings. The number of benzene rings is 1. The van der Waals surface area contributed by atoms with Gasteiger partial charge in [-0.25, -0.2) is 4.68 Å². The first-order valence-electron chi connectivity index (χ1n) is 5.83. The van der Waals surface area contributed by atoms with Crippen molar-refractivity contribution in [1.29, 1.82) is 0 Å². The number of hydrogen-bond acceptors (Lipinski definition) is 5. The normalized spacial score (nSPS) is 12.5. The molecule has 0 saturated heterocycles. The summed E-state index contributed by atoms with van der Waals surface area (Å²) in [4.78, 5) is 20.1. The molecule has 0 radical (unpaired) electrons. The summed E-state index contributed by atoms with van der Waals surface area (Å²) in [6.45, 7) is 1.51. The van der Waals surface area contributed by atoms with E-state index < -0.39 is 6.04 Å². The van der Waals surface area contributed by atoms with Gasteiger partial charge in [0, 0.05) is 12.4 Å². The van der Waals surface area contributed by atoms with Crippen molar-refractivity contribution in [2.24, 2.45) is 0 Å². The van der Waals surface area contributed by atoms with Gasteiger partial charge in [-0.2, -0.15) is 0 Å². The predicted octanol–water partition coefficient (Wildman–Crippen LogP) is 1.40. The highest BCUT2D eigenvalue weighted by Crippen LogP contribution is 2.20. The highest BCUT2D eigenvalue weighted by Gasteiger charge is 2.23. The number of aromatic nitrogens is 5. The van der Waals surface area contributed by atoms with Gasteiger partial charge in [-0.05, 0) is 19.1 Å². The smallest absolute Gasteiger partial charge is 0.160 e. The van der Waals surface area contributed by atoms with E-state index in [1.165, 1.54) is 6.92 Å². The molecule has 19 heavy (non-hydrogen) atoms. The van der Waals surface area contributed by atoms with Crippen LogP contribution in [0.15, 0.2) is 42.9 Å². The van der Waals surface area contributed by atoms with E-state index >= 15 is 0 Å². The van der Waals surface area contributed by atoms with Gasteiger partial charge in [-0.15, -0.1) is 5.10 Å². The number of rotatable bonds is 3. The van der Waals surface area contributed by atoms with Gasteiger partial charge in [-0.1, -0.05) is 17.3 Å². The van der Waals surface area contributed by atoms with Gasteiger partial charge < -0.3 is 0 Å². The van der Waals surface area contributed by atoms with Crippen LogP contribution in [0.1, 0.15) is 18.7 Å². The number of Topliss-reactive ketones (excluding diaryl/α,β-unsaturated/α-hetero) is 1. The second-order valence-electron chi connectivity index (χ2n) is 4.17. The molecule has 1 atom stereocenters. The van der Waals surface area contributed by atoms with E-state index in [0.29, 0.717) is 5.69 Å². The van der Waals surface area contributed by atoms with Crippen LogP contribution >= 0.6 is 0 Å². The minimum absolute atomic E-state index is 0.0591. The first-order valence-corrected chi connectivity index (χ1v) is 5.83. The Labute approximate surface area is 109 Å². The Hall–Kier alpha value is -2.63. The van der Waals surface area contributed by atoms with E-state index in [4.69, 9.17) is 0 Å². The lowest BCUT2D eigenvalue weighted by molar-refractivity contribution is -0.119. The zero-order valence-corrected chi connectivity index (χ0v) is 10.3. The molecule has 0 saturated carbocycles. The van der Waals surface area contributed by atoms with E-state index in [1.54, 1.807) is 23.3 Å². The Morgan fingerprint density at radius 2 is 2.11 bits per heavy atom. The van der Waals surface area contributed by atoms with Crippen LogP contribution in [-0.2, 0) is 4.79 Å². The van der Waals surface area contributed by atoms with Crippen LogP contribution in [0.2, 0.25) is 0 Å². The molecule has 0 aliphatic rings. The average Bonchev–Trinajstić information content (AvgIpc) is 2.84. The van der Waals surface area contributed by atoms with Crippen LogP contribution in [0, 0.1) is 0 Å². The lowest BCUT2D eigenvalue weighted by Crippen LogP contribution is -2.21. The van der Waals surface area contributed by atoms with Crippen LogP contribution in [-0.4, -0.2) is 30.7 Å². The second kappa shape index (κ2) is 4.56. The van der Waals surface area contributed by atoms with Crippen molar-refractivity contribution in [2.45, 2.75) is 13.0 Å². The summed E-state index contributed by atoms with van der Waals surface area (Å²) >= 11 is 0. The molecule has 94 valence electrons. The molecule has 1 unspecified atom stereocenters. The fourth-order valence-corrected chi connectivity index (χ4v) is 2.04. The Morgan fingerprint density at radius 1 is 1.26 bits per heavy atom. The van der Waals surface area contributed by atoms with Gasteiger partial charge in [0.1, 0.15) is 5.52 Å². The van der Waals surface area contributed by atoms with Gasteiger partial charge in [0.25, 0.3) is 0 Å².